The molecule has 0 spiro atoms. The zero-order chi connectivity index (χ0) is 12.3. The van der Waals surface area contributed by atoms with Crippen molar-refractivity contribution in [1.82, 2.24) is 4.90 Å². The number of nitrogens with zero attached hydrogens (tertiary/aromatic N) is 2. The van der Waals surface area contributed by atoms with Gasteiger partial charge in [0, 0.05) is 31.9 Å². The van der Waals surface area contributed by atoms with Gasteiger partial charge in [-0.05, 0) is 19.1 Å². The van der Waals surface area contributed by atoms with Crippen LogP contribution in [0.15, 0.2) is 24.3 Å². The van der Waals surface area contributed by atoms with Crippen molar-refractivity contribution in [2.24, 2.45) is 0 Å². The van der Waals surface area contributed by atoms with Crippen LogP contribution in [0, 0.1) is 6.92 Å². The SMILES string of the molecule is Cc1ccc(N2CCN(C(=O)CCl)CC2)cc1. The summed E-state index contributed by atoms with van der Waals surface area (Å²) in [6.45, 7) is 5.37. The van der Waals surface area contributed by atoms with E-state index in [1.807, 2.05) is 4.90 Å². The predicted octanol–water partition coefficient (Wildman–Crippen LogP) is 1.88. The molecule has 1 aromatic rings. The van der Waals surface area contributed by atoms with Crippen LogP contribution in [0.1, 0.15) is 5.56 Å². The van der Waals surface area contributed by atoms with Crippen LogP contribution < -0.4 is 4.90 Å². The Kier molecular flexibility index (Phi) is 3.89. The first kappa shape index (κ1) is 12.2. The third-order valence-corrected chi connectivity index (χ3v) is 3.37. The van der Waals surface area contributed by atoms with Gasteiger partial charge in [0.1, 0.15) is 5.88 Å². The number of aryl methyl sites for hydroxylation is 1. The van der Waals surface area contributed by atoms with Crippen molar-refractivity contribution in [1.29, 1.82) is 0 Å². The van der Waals surface area contributed by atoms with Gasteiger partial charge in [-0.25, -0.2) is 0 Å². The molecule has 0 N–H and O–H groups in total. The Hall–Kier alpha value is -1.22. The highest BCUT2D eigenvalue weighted by molar-refractivity contribution is 6.27. The first-order valence-corrected chi connectivity index (χ1v) is 6.39. The number of anilines is 1. The predicted molar refractivity (Wildman–Crippen MR) is 70.7 cm³/mol. The summed E-state index contributed by atoms with van der Waals surface area (Å²) in [5, 5.41) is 0. The molecule has 0 saturated carbocycles. The van der Waals surface area contributed by atoms with E-state index in [1.165, 1.54) is 11.3 Å². The number of amides is 1. The molecule has 4 heteroatoms. The van der Waals surface area contributed by atoms with Crippen LogP contribution in [0.5, 0.6) is 0 Å². The van der Waals surface area contributed by atoms with Crippen LogP contribution in [0.25, 0.3) is 0 Å². The van der Waals surface area contributed by atoms with E-state index in [9.17, 15) is 4.79 Å². The second kappa shape index (κ2) is 5.41. The highest BCUT2D eigenvalue weighted by Crippen LogP contribution is 2.17. The zero-order valence-corrected chi connectivity index (χ0v) is 10.8. The lowest BCUT2D eigenvalue weighted by molar-refractivity contribution is -0.128. The number of rotatable bonds is 2. The molecule has 0 aromatic heterocycles. The first-order chi connectivity index (χ1) is 8.20. The van der Waals surface area contributed by atoms with E-state index in [0.29, 0.717) is 0 Å². The quantitative estimate of drug-likeness (QED) is 0.751. The monoisotopic (exact) mass is 252 g/mol. The van der Waals surface area contributed by atoms with Crippen molar-refractivity contribution in [3.63, 3.8) is 0 Å². The standard InChI is InChI=1S/C13H17ClN2O/c1-11-2-4-12(5-3-11)15-6-8-16(9-7-15)13(17)10-14/h2-5H,6-10H2,1H3. The molecule has 1 aliphatic rings. The molecular formula is C13H17ClN2O. The smallest absolute Gasteiger partial charge is 0.237 e. The fourth-order valence-corrected chi connectivity index (χ4v) is 2.22. The molecule has 1 heterocycles. The molecule has 1 aliphatic heterocycles. The van der Waals surface area contributed by atoms with Crippen LogP contribution >= 0.6 is 11.6 Å². The third kappa shape index (κ3) is 2.91. The molecule has 3 nitrogen and oxygen atoms in total. The molecular weight excluding hydrogens is 236 g/mol. The highest BCUT2D eigenvalue weighted by Gasteiger charge is 2.20. The minimum absolute atomic E-state index is 0.0372. The Labute approximate surface area is 107 Å². The number of halogens is 1. The Morgan fingerprint density at radius 2 is 1.76 bits per heavy atom. The molecule has 17 heavy (non-hydrogen) atoms. The van der Waals surface area contributed by atoms with Gasteiger partial charge in [-0.1, -0.05) is 17.7 Å². The van der Waals surface area contributed by atoms with Crippen molar-refractivity contribution in [2.45, 2.75) is 6.92 Å². The fraction of sp³-hybridized carbons (Fsp3) is 0.462. The summed E-state index contributed by atoms with van der Waals surface area (Å²) in [5.41, 5.74) is 2.50. The summed E-state index contributed by atoms with van der Waals surface area (Å²) in [4.78, 5) is 15.6. The van der Waals surface area contributed by atoms with Crippen LogP contribution in [-0.4, -0.2) is 42.9 Å². The Balaban J connectivity index is 1.95. The van der Waals surface area contributed by atoms with Crippen molar-refractivity contribution >= 4 is 23.2 Å². The Morgan fingerprint density at radius 3 is 2.29 bits per heavy atom. The summed E-state index contributed by atoms with van der Waals surface area (Å²) in [6, 6.07) is 8.50. The van der Waals surface area contributed by atoms with E-state index in [2.05, 4.69) is 36.1 Å². The van der Waals surface area contributed by atoms with Gasteiger partial charge >= 0.3 is 0 Å². The minimum Gasteiger partial charge on any atom is -0.368 e. The number of hydrogen-bond donors (Lipinski definition) is 0. The summed E-state index contributed by atoms with van der Waals surface area (Å²) in [6.07, 6.45) is 0. The van der Waals surface area contributed by atoms with Crippen LogP contribution in [0.4, 0.5) is 5.69 Å². The van der Waals surface area contributed by atoms with E-state index in [1.54, 1.807) is 0 Å². The molecule has 0 aliphatic carbocycles. The van der Waals surface area contributed by atoms with Gasteiger partial charge in [-0.15, -0.1) is 11.6 Å². The second-order valence-electron chi connectivity index (χ2n) is 4.34. The summed E-state index contributed by atoms with van der Waals surface area (Å²) in [5.74, 6) is 0.125. The van der Waals surface area contributed by atoms with Gasteiger partial charge in [-0.3, -0.25) is 4.79 Å². The first-order valence-electron chi connectivity index (χ1n) is 5.86. The number of benzene rings is 1. The Bertz CT molecular complexity index is 383. The molecule has 1 aromatic carbocycles. The third-order valence-electron chi connectivity index (χ3n) is 3.15. The van der Waals surface area contributed by atoms with Gasteiger partial charge in [0.05, 0.1) is 0 Å². The summed E-state index contributed by atoms with van der Waals surface area (Å²) in [7, 11) is 0. The van der Waals surface area contributed by atoms with Crippen LogP contribution in [0.3, 0.4) is 0 Å². The van der Waals surface area contributed by atoms with Gasteiger partial charge in [0.25, 0.3) is 0 Å². The average Bonchev–Trinajstić information content (AvgIpc) is 2.39. The van der Waals surface area contributed by atoms with E-state index in [-0.39, 0.29) is 11.8 Å². The van der Waals surface area contributed by atoms with E-state index < -0.39 is 0 Å². The topological polar surface area (TPSA) is 23.6 Å². The Morgan fingerprint density at radius 1 is 1.18 bits per heavy atom. The maximum atomic E-state index is 11.4. The summed E-state index contributed by atoms with van der Waals surface area (Å²) < 4.78 is 0. The zero-order valence-electron chi connectivity index (χ0n) is 10.0. The van der Waals surface area contributed by atoms with Gasteiger partial charge < -0.3 is 9.80 Å². The maximum absolute atomic E-state index is 11.4. The number of alkyl halides is 1. The largest absolute Gasteiger partial charge is 0.368 e. The molecule has 1 amide bonds. The lowest BCUT2D eigenvalue weighted by Crippen LogP contribution is -2.49. The molecule has 0 atom stereocenters. The van der Waals surface area contributed by atoms with Crippen molar-refractivity contribution in [3.05, 3.63) is 29.8 Å². The van der Waals surface area contributed by atoms with Crippen molar-refractivity contribution < 1.29 is 4.79 Å². The molecule has 2 rings (SSSR count). The lowest BCUT2D eigenvalue weighted by Gasteiger charge is -2.35. The maximum Gasteiger partial charge on any atom is 0.237 e. The highest BCUT2D eigenvalue weighted by atomic mass is 35.5. The lowest BCUT2D eigenvalue weighted by atomic mass is 10.2. The minimum atomic E-state index is 0.0372. The molecule has 0 radical (unpaired) electrons. The average molecular weight is 253 g/mol. The van der Waals surface area contributed by atoms with Crippen LogP contribution in [-0.2, 0) is 4.79 Å². The number of piperazine rings is 1. The van der Waals surface area contributed by atoms with Gasteiger partial charge in [-0.2, -0.15) is 0 Å². The van der Waals surface area contributed by atoms with Gasteiger partial charge in [0.2, 0.25) is 5.91 Å². The van der Waals surface area contributed by atoms with E-state index in [4.69, 9.17) is 11.6 Å². The van der Waals surface area contributed by atoms with Crippen molar-refractivity contribution in [3.8, 4) is 0 Å². The van der Waals surface area contributed by atoms with Crippen LogP contribution in [0.2, 0.25) is 0 Å². The van der Waals surface area contributed by atoms with E-state index in [0.717, 1.165) is 26.2 Å². The molecule has 0 bridgehead atoms. The number of carbonyl (C=O) groups excluding carboxylic acids is 1. The summed E-state index contributed by atoms with van der Waals surface area (Å²) >= 11 is 5.55. The normalized spacial score (nSPS) is 16.1. The van der Waals surface area contributed by atoms with Crippen molar-refractivity contribution in [2.75, 3.05) is 37.0 Å². The van der Waals surface area contributed by atoms with E-state index >= 15 is 0 Å². The number of carbonyl (C=O) groups is 1. The molecule has 0 unspecified atom stereocenters. The molecule has 1 fully saturated rings. The number of hydrogen-bond acceptors (Lipinski definition) is 2. The molecule has 92 valence electrons. The fourth-order valence-electron chi connectivity index (χ4n) is 2.05. The molecule has 1 saturated heterocycles. The van der Waals surface area contributed by atoms with Gasteiger partial charge in [0.15, 0.2) is 0 Å². The second-order valence-corrected chi connectivity index (χ2v) is 4.60.